The van der Waals surface area contributed by atoms with Crippen LogP contribution in [0.1, 0.15) is 13.8 Å². The van der Waals surface area contributed by atoms with E-state index < -0.39 is 28.0 Å². The fourth-order valence-electron chi connectivity index (χ4n) is 0.851. The Morgan fingerprint density at radius 1 is 1.47 bits per heavy atom. The summed E-state index contributed by atoms with van der Waals surface area (Å²) in [6, 6.07) is -0.635. The molecule has 0 spiro atoms. The fourth-order valence-corrected chi connectivity index (χ4v) is 2.13. The summed E-state index contributed by atoms with van der Waals surface area (Å²) in [7, 11) is -2.06. The van der Waals surface area contributed by atoms with E-state index in [1.807, 2.05) is 0 Å². The first-order chi connectivity index (χ1) is 6.80. The Kier molecular flexibility index (Phi) is 5.77. The monoisotopic (exact) mass is 239 g/mol. The smallest absolute Gasteiger partial charge is 0.307 e. The largest absolute Gasteiger partial charge is 0.481 e. The second-order valence-corrected chi connectivity index (χ2v) is 5.22. The Morgan fingerprint density at radius 2 is 2.00 bits per heavy atom. The Labute approximate surface area is 89.7 Å². The second kappa shape index (κ2) is 6.04. The average Bonchev–Trinajstić information content (AvgIpc) is 2.12. The molecule has 15 heavy (non-hydrogen) atoms. The highest BCUT2D eigenvalue weighted by molar-refractivity contribution is 7.89. The molecular formula is C8H17NO5S. The molecule has 0 saturated heterocycles. The summed E-state index contributed by atoms with van der Waals surface area (Å²) in [5.41, 5.74) is 0. The van der Waals surface area contributed by atoms with Gasteiger partial charge in [-0.3, -0.25) is 4.79 Å². The van der Waals surface area contributed by atoms with E-state index in [-0.39, 0.29) is 12.4 Å². The minimum atomic E-state index is -3.46. The quantitative estimate of drug-likeness (QED) is 0.634. The Balaban J connectivity index is 4.27. The van der Waals surface area contributed by atoms with E-state index in [1.165, 1.54) is 21.0 Å². The van der Waals surface area contributed by atoms with Crippen LogP contribution in [-0.4, -0.2) is 45.0 Å². The molecule has 0 aliphatic carbocycles. The number of aliphatic carboxylic acids is 1. The third-order valence-corrected chi connectivity index (χ3v) is 3.50. The lowest BCUT2D eigenvalue weighted by molar-refractivity contribution is -0.141. The maximum absolute atomic E-state index is 11.3. The van der Waals surface area contributed by atoms with Gasteiger partial charge < -0.3 is 9.84 Å². The van der Waals surface area contributed by atoms with Gasteiger partial charge in [0.25, 0.3) is 0 Å². The summed E-state index contributed by atoms with van der Waals surface area (Å²) < 4.78 is 29.6. The average molecular weight is 239 g/mol. The number of carbonyl (C=O) groups is 1. The standard InChI is InChI=1S/C8H17NO5S/c1-6(8(10)11)7(2)9-15(12,13)5-4-14-3/h6-7,9H,4-5H2,1-3H3,(H,10,11). The molecule has 0 fully saturated rings. The number of carboxylic acid groups (broad SMARTS) is 1. The minimum absolute atomic E-state index is 0.0868. The van der Waals surface area contributed by atoms with Crippen molar-refractivity contribution in [2.75, 3.05) is 19.5 Å². The molecule has 0 aromatic carbocycles. The van der Waals surface area contributed by atoms with E-state index in [0.29, 0.717) is 0 Å². The third kappa shape index (κ3) is 5.71. The van der Waals surface area contributed by atoms with Crippen molar-refractivity contribution in [3.8, 4) is 0 Å². The number of ether oxygens (including phenoxy) is 1. The van der Waals surface area contributed by atoms with Gasteiger partial charge in [0.15, 0.2) is 0 Å². The van der Waals surface area contributed by atoms with Crippen LogP contribution in [0.4, 0.5) is 0 Å². The lowest BCUT2D eigenvalue weighted by Crippen LogP contribution is -2.41. The van der Waals surface area contributed by atoms with Crippen molar-refractivity contribution in [2.45, 2.75) is 19.9 Å². The molecule has 2 unspecified atom stereocenters. The second-order valence-electron chi connectivity index (χ2n) is 3.35. The van der Waals surface area contributed by atoms with Gasteiger partial charge in [0.1, 0.15) is 0 Å². The molecule has 0 heterocycles. The molecule has 0 rings (SSSR count). The van der Waals surface area contributed by atoms with Crippen LogP contribution in [0.2, 0.25) is 0 Å². The fraction of sp³-hybridized carbons (Fsp3) is 0.875. The highest BCUT2D eigenvalue weighted by atomic mass is 32.2. The van der Waals surface area contributed by atoms with Crippen LogP contribution < -0.4 is 4.72 Å². The van der Waals surface area contributed by atoms with Crippen molar-refractivity contribution in [1.29, 1.82) is 0 Å². The van der Waals surface area contributed by atoms with E-state index in [9.17, 15) is 13.2 Å². The summed E-state index contributed by atoms with van der Waals surface area (Å²) in [5, 5.41) is 8.67. The van der Waals surface area contributed by atoms with Crippen molar-refractivity contribution >= 4 is 16.0 Å². The van der Waals surface area contributed by atoms with Crippen molar-refractivity contribution in [3.05, 3.63) is 0 Å². The summed E-state index contributed by atoms with van der Waals surface area (Å²) in [4.78, 5) is 10.6. The molecule has 2 atom stereocenters. The number of carboxylic acids is 1. The van der Waals surface area contributed by atoms with Crippen LogP contribution >= 0.6 is 0 Å². The van der Waals surface area contributed by atoms with Crippen molar-refractivity contribution in [3.63, 3.8) is 0 Å². The molecular weight excluding hydrogens is 222 g/mol. The predicted octanol–water partition coefficient (Wildman–Crippen LogP) is -0.339. The van der Waals surface area contributed by atoms with Crippen LogP contribution in [0.25, 0.3) is 0 Å². The number of hydrogen-bond acceptors (Lipinski definition) is 4. The molecule has 0 amide bonds. The molecule has 0 aromatic rings. The van der Waals surface area contributed by atoms with E-state index in [4.69, 9.17) is 5.11 Å². The van der Waals surface area contributed by atoms with E-state index in [0.717, 1.165) is 0 Å². The normalized spacial score (nSPS) is 15.9. The molecule has 0 aliphatic rings. The lowest BCUT2D eigenvalue weighted by atomic mass is 10.1. The topological polar surface area (TPSA) is 92.7 Å². The molecule has 7 heteroatoms. The van der Waals surface area contributed by atoms with Gasteiger partial charge in [0.2, 0.25) is 10.0 Å². The summed E-state index contributed by atoms with van der Waals surface area (Å²) in [6.45, 7) is 3.05. The first-order valence-corrected chi connectivity index (χ1v) is 6.17. The van der Waals surface area contributed by atoms with Gasteiger partial charge in [0, 0.05) is 13.2 Å². The molecule has 2 N–H and O–H groups in total. The number of hydrogen-bond donors (Lipinski definition) is 2. The highest BCUT2D eigenvalue weighted by Gasteiger charge is 2.23. The van der Waals surface area contributed by atoms with Crippen molar-refractivity contribution in [2.24, 2.45) is 5.92 Å². The number of nitrogens with one attached hydrogen (secondary N) is 1. The first-order valence-electron chi connectivity index (χ1n) is 4.52. The molecule has 0 radical (unpaired) electrons. The molecule has 0 aliphatic heterocycles. The third-order valence-electron chi connectivity index (χ3n) is 2.06. The zero-order chi connectivity index (χ0) is 12.1. The zero-order valence-corrected chi connectivity index (χ0v) is 9.87. The Hall–Kier alpha value is -0.660. The highest BCUT2D eigenvalue weighted by Crippen LogP contribution is 2.04. The van der Waals surface area contributed by atoms with E-state index in [1.54, 1.807) is 0 Å². The summed E-state index contributed by atoms with van der Waals surface area (Å²) in [6.07, 6.45) is 0. The van der Waals surface area contributed by atoms with Gasteiger partial charge in [0.05, 0.1) is 18.3 Å². The van der Waals surface area contributed by atoms with Crippen LogP contribution in [-0.2, 0) is 19.6 Å². The molecule has 0 saturated carbocycles. The van der Waals surface area contributed by atoms with Crippen LogP contribution in [0.15, 0.2) is 0 Å². The van der Waals surface area contributed by atoms with Gasteiger partial charge >= 0.3 is 5.97 Å². The molecule has 90 valence electrons. The van der Waals surface area contributed by atoms with Crippen molar-refractivity contribution < 1.29 is 23.1 Å². The molecule has 6 nitrogen and oxygen atoms in total. The first kappa shape index (κ1) is 14.3. The SMILES string of the molecule is COCCS(=O)(=O)NC(C)C(C)C(=O)O. The number of rotatable bonds is 7. The number of methoxy groups -OCH3 is 1. The minimum Gasteiger partial charge on any atom is -0.481 e. The van der Waals surface area contributed by atoms with Gasteiger partial charge in [-0.25, -0.2) is 13.1 Å². The van der Waals surface area contributed by atoms with Gasteiger partial charge in [-0.2, -0.15) is 0 Å². The lowest BCUT2D eigenvalue weighted by Gasteiger charge is -2.17. The Morgan fingerprint density at radius 3 is 2.40 bits per heavy atom. The summed E-state index contributed by atoms with van der Waals surface area (Å²) >= 11 is 0. The zero-order valence-electron chi connectivity index (χ0n) is 9.06. The van der Waals surface area contributed by atoms with Gasteiger partial charge in [-0.05, 0) is 6.92 Å². The number of sulfonamides is 1. The summed E-state index contributed by atoms with van der Waals surface area (Å²) in [5.74, 6) is -1.96. The van der Waals surface area contributed by atoms with Crippen LogP contribution in [0.3, 0.4) is 0 Å². The van der Waals surface area contributed by atoms with Crippen molar-refractivity contribution in [1.82, 2.24) is 4.72 Å². The molecule has 0 aromatic heterocycles. The van der Waals surface area contributed by atoms with Crippen LogP contribution in [0.5, 0.6) is 0 Å². The van der Waals surface area contributed by atoms with Crippen LogP contribution in [0, 0.1) is 5.92 Å². The van der Waals surface area contributed by atoms with E-state index in [2.05, 4.69) is 9.46 Å². The molecule has 0 bridgehead atoms. The van der Waals surface area contributed by atoms with Gasteiger partial charge in [-0.15, -0.1) is 0 Å². The van der Waals surface area contributed by atoms with Gasteiger partial charge in [-0.1, -0.05) is 6.92 Å². The Bertz CT molecular complexity index is 300. The maximum Gasteiger partial charge on any atom is 0.307 e. The van der Waals surface area contributed by atoms with E-state index >= 15 is 0 Å². The maximum atomic E-state index is 11.3. The predicted molar refractivity (Wildman–Crippen MR) is 55.1 cm³/mol.